The van der Waals surface area contributed by atoms with Crippen LogP contribution in [0.3, 0.4) is 0 Å². The quantitative estimate of drug-likeness (QED) is 0.307. The van der Waals surface area contributed by atoms with Gasteiger partial charge >= 0.3 is 0 Å². The Morgan fingerprint density at radius 1 is 1.45 bits per heavy atom. The second kappa shape index (κ2) is 9.30. The van der Waals surface area contributed by atoms with E-state index in [2.05, 4.69) is 31.1 Å². The molecule has 1 aliphatic carbocycles. The van der Waals surface area contributed by atoms with Crippen molar-refractivity contribution in [3.8, 4) is 0 Å². The standard InChI is InChI=1S/C22H25ClN4O2S2/c1-12(2)10-27-21(29)18-14-7-6-13(3)9-16(14)31-20(18)26-22(27)30-11-17(28)25-15-5-4-8-24-19(15)23/h4-5,8,12-13H,6-7,9-11H2,1-3H3,(H,25,28). The Bertz CT molecular complexity index is 1190. The molecule has 31 heavy (non-hydrogen) atoms. The van der Waals surface area contributed by atoms with Crippen molar-refractivity contribution in [3.63, 3.8) is 0 Å². The first-order chi connectivity index (χ1) is 14.8. The molecule has 0 fully saturated rings. The number of aryl methyl sites for hydroxylation is 1. The number of rotatable bonds is 6. The van der Waals surface area contributed by atoms with Gasteiger partial charge in [0.2, 0.25) is 5.91 Å². The monoisotopic (exact) mass is 476 g/mol. The number of hydrogen-bond donors (Lipinski definition) is 1. The maximum atomic E-state index is 13.5. The highest BCUT2D eigenvalue weighted by Gasteiger charge is 2.25. The number of thiophene rings is 1. The van der Waals surface area contributed by atoms with Gasteiger partial charge in [-0.25, -0.2) is 9.97 Å². The molecule has 0 saturated heterocycles. The highest BCUT2D eigenvalue weighted by atomic mass is 35.5. The summed E-state index contributed by atoms with van der Waals surface area (Å²) >= 11 is 8.94. The fraction of sp³-hybridized carbons (Fsp3) is 0.455. The zero-order valence-corrected chi connectivity index (χ0v) is 20.2. The molecular formula is C22H25ClN4O2S2. The van der Waals surface area contributed by atoms with Crippen molar-refractivity contribution in [1.29, 1.82) is 0 Å². The van der Waals surface area contributed by atoms with E-state index in [4.69, 9.17) is 16.6 Å². The van der Waals surface area contributed by atoms with Crippen molar-refractivity contribution in [2.45, 2.75) is 51.7 Å². The summed E-state index contributed by atoms with van der Waals surface area (Å²) in [5, 5.41) is 4.39. The zero-order valence-electron chi connectivity index (χ0n) is 17.8. The van der Waals surface area contributed by atoms with E-state index < -0.39 is 0 Å². The number of thioether (sulfide) groups is 1. The van der Waals surface area contributed by atoms with E-state index in [9.17, 15) is 9.59 Å². The number of carbonyl (C=O) groups excluding carboxylic acids is 1. The Balaban J connectivity index is 1.64. The first-order valence-electron chi connectivity index (χ1n) is 10.4. The minimum atomic E-state index is -0.218. The van der Waals surface area contributed by atoms with Crippen molar-refractivity contribution in [2.24, 2.45) is 11.8 Å². The van der Waals surface area contributed by atoms with Crippen LogP contribution in [0.15, 0.2) is 28.3 Å². The lowest BCUT2D eigenvalue weighted by Crippen LogP contribution is -2.26. The van der Waals surface area contributed by atoms with Gasteiger partial charge in [-0.2, -0.15) is 0 Å². The maximum absolute atomic E-state index is 13.5. The molecule has 6 nitrogen and oxygen atoms in total. The third kappa shape index (κ3) is 4.81. The van der Waals surface area contributed by atoms with Crippen LogP contribution in [0.1, 0.15) is 37.6 Å². The van der Waals surface area contributed by atoms with Crippen LogP contribution < -0.4 is 10.9 Å². The minimum absolute atomic E-state index is 0.0176. The summed E-state index contributed by atoms with van der Waals surface area (Å²) in [4.78, 5) is 36.8. The van der Waals surface area contributed by atoms with Crippen LogP contribution in [0.4, 0.5) is 5.69 Å². The van der Waals surface area contributed by atoms with E-state index in [1.807, 2.05) is 0 Å². The smallest absolute Gasteiger partial charge is 0.263 e. The van der Waals surface area contributed by atoms with Crippen LogP contribution in [0.5, 0.6) is 0 Å². The molecule has 1 amide bonds. The van der Waals surface area contributed by atoms with Gasteiger partial charge in [0.15, 0.2) is 10.3 Å². The summed E-state index contributed by atoms with van der Waals surface area (Å²) in [7, 11) is 0. The average molecular weight is 477 g/mol. The Hall–Kier alpha value is -1.90. The van der Waals surface area contributed by atoms with Crippen molar-refractivity contribution in [2.75, 3.05) is 11.1 Å². The molecule has 0 spiro atoms. The molecule has 0 aromatic carbocycles. The van der Waals surface area contributed by atoms with Gasteiger partial charge in [0.1, 0.15) is 4.83 Å². The predicted molar refractivity (Wildman–Crippen MR) is 129 cm³/mol. The normalized spacial score (nSPS) is 16.0. The molecule has 1 N–H and O–H groups in total. The number of fused-ring (bicyclic) bond motifs is 3. The van der Waals surface area contributed by atoms with Gasteiger partial charge in [0, 0.05) is 17.6 Å². The Morgan fingerprint density at radius 2 is 2.26 bits per heavy atom. The largest absolute Gasteiger partial charge is 0.323 e. The fourth-order valence-corrected chi connectivity index (χ4v) is 6.24. The molecule has 0 aliphatic heterocycles. The molecule has 0 saturated carbocycles. The van der Waals surface area contributed by atoms with Gasteiger partial charge in [0.25, 0.3) is 5.56 Å². The summed E-state index contributed by atoms with van der Waals surface area (Å²) in [6.07, 6.45) is 4.63. The predicted octanol–water partition coefficient (Wildman–Crippen LogP) is 5.02. The lowest BCUT2D eigenvalue weighted by atomic mass is 9.89. The number of pyridine rings is 1. The molecular weight excluding hydrogens is 452 g/mol. The minimum Gasteiger partial charge on any atom is -0.323 e. The van der Waals surface area contributed by atoms with Crippen LogP contribution in [0.2, 0.25) is 5.15 Å². The van der Waals surface area contributed by atoms with Gasteiger partial charge in [0.05, 0.1) is 16.8 Å². The maximum Gasteiger partial charge on any atom is 0.263 e. The first-order valence-corrected chi connectivity index (χ1v) is 12.6. The van der Waals surface area contributed by atoms with Gasteiger partial charge in [-0.05, 0) is 48.8 Å². The molecule has 3 aromatic rings. The molecule has 9 heteroatoms. The van der Waals surface area contributed by atoms with Crippen molar-refractivity contribution < 1.29 is 4.79 Å². The van der Waals surface area contributed by atoms with Crippen molar-refractivity contribution in [3.05, 3.63) is 44.3 Å². The molecule has 1 unspecified atom stereocenters. The summed E-state index contributed by atoms with van der Waals surface area (Å²) in [5.41, 5.74) is 1.68. The zero-order chi connectivity index (χ0) is 22.1. The fourth-order valence-electron chi connectivity index (χ4n) is 3.84. The number of nitrogens with one attached hydrogen (secondary N) is 1. The SMILES string of the molecule is CC(C)Cn1c(SCC(=O)Nc2cccnc2Cl)nc2sc3c(c2c1=O)CCC(C)C3. The van der Waals surface area contributed by atoms with Gasteiger partial charge in [-0.1, -0.05) is 44.1 Å². The number of halogens is 1. The molecule has 4 rings (SSSR count). The molecule has 0 radical (unpaired) electrons. The summed E-state index contributed by atoms with van der Waals surface area (Å²) in [6.45, 7) is 6.98. The molecule has 0 bridgehead atoms. The second-order valence-electron chi connectivity index (χ2n) is 8.41. The average Bonchev–Trinajstić information content (AvgIpc) is 3.07. The Labute approximate surface area is 194 Å². The number of amides is 1. The van der Waals surface area contributed by atoms with Gasteiger partial charge in [-0.15, -0.1) is 11.3 Å². The number of anilines is 1. The summed E-state index contributed by atoms with van der Waals surface area (Å²) in [5.74, 6) is 0.831. The third-order valence-electron chi connectivity index (χ3n) is 5.29. The van der Waals surface area contributed by atoms with Crippen LogP contribution in [-0.2, 0) is 24.2 Å². The first kappa shape index (κ1) is 22.3. The van der Waals surface area contributed by atoms with E-state index in [0.29, 0.717) is 23.3 Å². The number of carbonyl (C=O) groups is 1. The summed E-state index contributed by atoms with van der Waals surface area (Å²) in [6, 6.07) is 3.41. The van der Waals surface area contributed by atoms with Crippen molar-refractivity contribution >= 4 is 56.5 Å². The van der Waals surface area contributed by atoms with E-state index in [1.165, 1.54) is 22.2 Å². The highest BCUT2D eigenvalue weighted by molar-refractivity contribution is 7.99. The van der Waals surface area contributed by atoms with Gasteiger partial charge in [-0.3, -0.25) is 14.2 Å². The van der Waals surface area contributed by atoms with E-state index in [0.717, 1.165) is 29.5 Å². The molecule has 1 atom stereocenters. The van der Waals surface area contributed by atoms with E-state index in [-0.39, 0.29) is 28.3 Å². The highest BCUT2D eigenvalue weighted by Crippen LogP contribution is 2.36. The van der Waals surface area contributed by atoms with Gasteiger partial charge < -0.3 is 5.32 Å². The molecule has 3 heterocycles. The number of nitrogens with zero attached hydrogens (tertiary/aromatic N) is 3. The molecule has 1 aliphatic rings. The number of hydrogen-bond acceptors (Lipinski definition) is 6. The summed E-state index contributed by atoms with van der Waals surface area (Å²) < 4.78 is 1.74. The Kier molecular flexibility index (Phi) is 6.69. The van der Waals surface area contributed by atoms with Crippen LogP contribution in [-0.4, -0.2) is 26.2 Å². The number of aromatic nitrogens is 3. The van der Waals surface area contributed by atoms with E-state index >= 15 is 0 Å². The Morgan fingerprint density at radius 3 is 3.00 bits per heavy atom. The van der Waals surface area contributed by atoms with Crippen LogP contribution in [0.25, 0.3) is 10.2 Å². The topological polar surface area (TPSA) is 76.9 Å². The second-order valence-corrected chi connectivity index (χ2v) is 10.8. The lowest BCUT2D eigenvalue weighted by molar-refractivity contribution is -0.113. The third-order valence-corrected chi connectivity index (χ3v) is 7.72. The molecule has 164 valence electrons. The van der Waals surface area contributed by atoms with Crippen LogP contribution >= 0.6 is 34.7 Å². The van der Waals surface area contributed by atoms with E-state index in [1.54, 1.807) is 34.2 Å². The van der Waals surface area contributed by atoms with Crippen molar-refractivity contribution in [1.82, 2.24) is 14.5 Å². The lowest BCUT2D eigenvalue weighted by Gasteiger charge is -2.18. The van der Waals surface area contributed by atoms with Crippen LogP contribution in [0, 0.1) is 11.8 Å². The molecule has 3 aromatic heterocycles.